The van der Waals surface area contributed by atoms with Gasteiger partial charge in [0, 0.05) is 37.7 Å². The Morgan fingerprint density at radius 1 is 1.19 bits per heavy atom. The molecule has 1 aliphatic rings. The minimum absolute atomic E-state index is 0.157. The Morgan fingerprint density at radius 2 is 1.94 bits per heavy atom. The third-order valence-corrected chi connectivity index (χ3v) is 6.10. The monoisotopic (exact) mass is 416 g/mol. The van der Waals surface area contributed by atoms with Crippen LogP contribution in [-0.2, 0) is 6.42 Å². The summed E-state index contributed by atoms with van der Waals surface area (Å²) in [6.45, 7) is 3.66. The minimum atomic E-state index is -0.953. The van der Waals surface area contributed by atoms with E-state index in [4.69, 9.17) is 0 Å². The van der Waals surface area contributed by atoms with Gasteiger partial charge in [-0.2, -0.15) is 0 Å². The van der Waals surface area contributed by atoms with Crippen molar-refractivity contribution in [1.29, 1.82) is 0 Å². The number of benzene rings is 2. The molecule has 0 fully saturated rings. The molecule has 0 saturated carbocycles. The van der Waals surface area contributed by atoms with Crippen molar-refractivity contribution >= 4 is 23.0 Å². The first-order valence-electron chi connectivity index (χ1n) is 10.5. The standard InChI is InChI=1S/C25H28N4O2/c1-17-4-6-19(7-5-17)29(3)20-8-9-21-18(14-20)11-13-28(2)24(21)16-27-23-15-26-12-10-22(23)25(30)31/h4-10,12,14-15,24,27H,11,13,16H2,1-3H3,(H,30,31)/t24-/m0/s1. The first-order valence-corrected chi connectivity index (χ1v) is 10.5. The highest BCUT2D eigenvalue weighted by Crippen LogP contribution is 2.33. The van der Waals surface area contributed by atoms with Gasteiger partial charge in [-0.3, -0.25) is 9.88 Å². The van der Waals surface area contributed by atoms with Crippen LogP contribution < -0.4 is 10.2 Å². The number of aromatic nitrogens is 1. The molecule has 0 saturated heterocycles. The molecule has 6 nitrogen and oxygen atoms in total. The van der Waals surface area contributed by atoms with Crippen LogP contribution in [-0.4, -0.2) is 48.1 Å². The first kappa shape index (κ1) is 20.9. The van der Waals surface area contributed by atoms with Crippen molar-refractivity contribution in [1.82, 2.24) is 9.88 Å². The van der Waals surface area contributed by atoms with Crippen LogP contribution >= 0.6 is 0 Å². The van der Waals surface area contributed by atoms with Gasteiger partial charge < -0.3 is 15.3 Å². The second kappa shape index (κ2) is 8.78. The summed E-state index contributed by atoms with van der Waals surface area (Å²) in [5.74, 6) is -0.953. The van der Waals surface area contributed by atoms with Crippen LogP contribution in [0.2, 0.25) is 0 Å². The quantitative estimate of drug-likeness (QED) is 0.617. The number of likely N-dealkylation sites (N-methyl/N-ethyl adjacent to an activating group) is 1. The average Bonchev–Trinajstić information content (AvgIpc) is 2.78. The zero-order valence-electron chi connectivity index (χ0n) is 18.2. The molecule has 4 rings (SSSR count). The van der Waals surface area contributed by atoms with Gasteiger partial charge in [0.15, 0.2) is 0 Å². The van der Waals surface area contributed by atoms with Crippen molar-refractivity contribution in [2.45, 2.75) is 19.4 Å². The lowest BCUT2D eigenvalue weighted by molar-refractivity contribution is 0.0697. The number of carboxylic acid groups (broad SMARTS) is 1. The molecule has 6 heteroatoms. The molecule has 0 bridgehead atoms. The number of carboxylic acids is 1. The number of anilines is 3. The number of pyridine rings is 1. The molecule has 2 aromatic carbocycles. The zero-order chi connectivity index (χ0) is 22.0. The number of nitrogens with one attached hydrogen (secondary N) is 1. The van der Waals surface area contributed by atoms with Gasteiger partial charge in [0.1, 0.15) is 0 Å². The van der Waals surface area contributed by atoms with Crippen molar-refractivity contribution < 1.29 is 9.90 Å². The van der Waals surface area contributed by atoms with Gasteiger partial charge in [-0.25, -0.2) is 4.79 Å². The Labute approximate surface area is 183 Å². The number of nitrogens with zero attached hydrogens (tertiary/aromatic N) is 3. The normalized spacial score (nSPS) is 15.9. The van der Waals surface area contributed by atoms with E-state index in [0.717, 1.165) is 18.7 Å². The van der Waals surface area contributed by atoms with Gasteiger partial charge in [0.25, 0.3) is 0 Å². The van der Waals surface area contributed by atoms with Crippen LogP contribution in [0.25, 0.3) is 0 Å². The molecule has 31 heavy (non-hydrogen) atoms. The van der Waals surface area contributed by atoms with Crippen molar-refractivity contribution in [3.8, 4) is 0 Å². The summed E-state index contributed by atoms with van der Waals surface area (Å²) >= 11 is 0. The molecule has 2 heterocycles. The number of carbonyl (C=O) groups is 1. The second-order valence-corrected chi connectivity index (χ2v) is 8.13. The van der Waals surface area contributed by atoms with Gasteiger partial charge in [0.2, 0.25) is 0 Å². The van der Waals surface area contributed by atoms with Crippen molar-refractivity contribution in [3.05, 3.63) is 83.2 Å². The highest BCUT2D eigenvalue weighted by atomic mass is 16.4. The number of aryl methyl sites for hydroxylation is 1. The molecule has 0 unspecified atom stereocenters. The predicted octanol–water partition coefficient (Wildman–Crippen LogP) is 4.50. The van der Waals surface area contributed by atoms with Crippen LogP contribution in [0.3, 0.4) is 0 Å². The summed E-state index contributed by atoms with van der Waals surface area (Å²) in [6.07, 6.45) is 4.07. The van der Waals surface area contributed by atoms with Gasteiger partial charge in [0.05, 0.1) is 23.5 Å². The highest BCUT2D eigenvalue weighted by Gasteiger charge is 2.25. The Hall–Kier alpha value is -3.38. The van der Waals surface area contributed by atoms with E-state index < -0.39 is 5.97 Å². The summed E-state index contributed by atoms with van der Waals surface area (Å²) in [4.78, 5) is 20.1. The Balaban J connectivity index is 1.56. The fourth-order valence-corrected chi connectivity index (χ4v) is 4.14. The smallest absolute Gasteiger partial charge is 0.337 e. The van der Waals surface area contributed by atoms with E-state index in [1.54, 1.807) is 6.20 Å². The van der Waals surface area contributed by atoms with Crippen molar-refractivity contribution in [2.75, 3.05) is 37.4 Å². The van der Waals surface area contributed by atoms with E-state index in [9.17, 15) is 9.90 Å². The number of hydrogen-bond donors (Lipinski definition) is 2. The molecule has 3 aromatic rings. The summed E-state index contributed by atoms with van der Waals surface area (Å²) in [6, 6.07) is 16.9. The van der Waals surface area contributed by atoms with E-state index >= 15 is 0 Å². The molecule has 0 aliphatic carbocycles. The number of rotatable bonds is 6. The van der Waals surface area contributed by atoms with E-state index in [-0.39, 0.29) is 11.6 Å². The second-order valence-electron chi connectivity index (χ2n) is 8.13. The molecule has 0 radical (unpaired) electrons. The number of aromatic carboxylic acids is 1. The average molecular weight is 417 g/mol. The van der Waals surface area contributed by atoms with Crippen LogP contribution in [0, 0.1) is 6.92 Å². The van der Waals surface area contributed by atoms with E-state index in [1.807, 2.05) is 0 Å². The highest BCUT2D eigenvalue weighted by molar-refractivity contribution is 5.93. The fraction of sp³-hybridized carbons (Fsp3) is 0.280. The molecule has 160 valence electrons. The first-order chi connectivity index (χ1) is 14.9. The number of hydrogen-bond acceptors (Lipinski definition) is 5. The Kier molecular flexibility index (Phi) is 5.91. The van der Waals surface area contributed by atoms with Gasteiger partial charge >= 0.3 is 5.97 Å². The predicted molar refractivity (Wildman–Crippen MR) is 124 cm³/mol. The molecule has 1 aromatic heterocycles. The maximum absolute atomic E-state index is 11.5. The maximum atomic E-state index is 11.5. The van der Waals surface area contributed by atoms with E-state index in [2.05, 4.69) is 83.6 Å². The molecular formula is C25H28N4O2. The third kappa shape index (κ3) is 4.39. The van der Waals surface area contributed by atoms with Crippen LogP contribution in [0.5, 0.6) is 0 Å². The lowest BCUT2D eigenvalue weighted by Gasteiger charge is -2.35. The summed E-state index contributed by atoms with van der Waals surface area (Å²) in [7, 11) is 4.21. The van der Waals surface area contributed by atoms with Crippen LogP contribution in [0.15, 0.2) is 60.9 Å². The van der Waals surface area contributed by atoms with Crippen molar-refractivity contribution in [3.63, 3.8) is 0 Å². The molecule has 1 atom stereocenters. The molecule has 0 amide bonds. The lowest BCUT2D eigenvalue weighted by Crippen LogP contribution is -2.36. The van der Waals surface area contributed by atoms with Gasteiger partial charge in [-0.05, 0) is 61.9 Å². The van der Waals surface area contributed by atoms with Gasteiger partial charge in [-0.1, -0.05) is 23.8 Å². The Morgan fingerprint density at radius 3 is 2.68 bits per heavy atom. The van der Waals surface area contributed by atoms with E-state index in [0.29, 0.717) is 12.2 Å². The van der Waals surface area contributed by atoms with Crippen LogP contribution in [0.4, 0.5) is 17.1 Å². The fourth-order valence-electron chi connectivity index (χ4n) is 4.14. The molecule has 0 spiro atoms. The van der Waals surface area contributed by atoms with E-state index in [1.165, 1.54) is 34.6 Å². The molecule has 1 aliphatic heterocycles. The third-order valence-electron chi connectivity index (χ3n) is 6.10. The summed E-state index contributed by atoms with van der Waals surface area (Å²) in [5, 5.41) is 12.7. The topological polar surface area (TPSA) is 68.7 Å². The Bertz CT molecular complexity index is 1080. The summed E-state index contributed by atoms with van der Waals surface area (Å²) in [5.41, 5.74) is 6.98. The SMILES string of the molecule is Cc1ccc(N(C)c2ccc3c(c2)CCN(C)[C@H]3CNc2cnccc2C(=O)O)cc1. The number of fused-ring (bicyclic) bond motifs is 1. The minimum Gasteiger partial charge on any atom is -0.478 e. The largest absolute Gasteiger partial charge is 0.478 e. The van der Waals surface area contributed by atoms with Gasteiger partial charge in [-0.15, -0.1) is 0 Å². The lowest BCUT2D eigenvalue weighted by atomic mass is 9.92. The molecule has 2 N–H and O–H groups in total. The van der Waals surface area contributed by atoms with Crippen LogP contribution in [0.1, 0.15) is 33.1 Å². The molecular weight excluding hydrogens is 388 g/mol. The van der Waals surface area contributed by atoms with Crippen molar-refractivity contribution in [2.24, 2.45) is 0 Å². The maximum Gasteiger partial charge on any atom is 0.337 e. The zero-order valence-corrected chi connectivity index (χ0v) is 18.2. The summed E-state index contributed by atoms with van der Waals surface area (Å²) < 4.78 is 0.